The fraction of sp³-hybridized carbons (Fsp3) is 0.235. The van der Waals surface area contributed by atoms with Crippen LogP contribution in [0.15, 0.2) is 59.6 Å². The number of nitrogens with two attached hydrogens (primary N) is 1. The fourth-order valence-electron chi connectivity index (χ4n) is 1.73. The monoisotopic (exact) mass is 283 g/mol. The minimum Gasteiger partial charge on any atom is -0.455 e. The number of para-hydroxylation sites is 3. The lowest BCUT2D eigenvalue weighted by Gasteiger charge is -2.12. The zero-order valence-electron chi connectivity index (χ0n) is 12.4. The first-order chi connectivity index (χ1) is 10.1. The maximum atomic E-state index is 5.90. The van der Waals surface area contributed by atoms with Gasteiger partial charge in [0.05, 0.1) is 5.69 Å². The molecule has 0 aliphatic heterocycles. The first-order valence-corrected chi connectivity index (χ1v) is 7.04. The van der Waals surface area contributed by atoms with E-state index in [9.17, 15) is 0 Å². The third kappa shape index (κ3) is 4.84. The summed E-state index contributed by atoms with van der Waals surface area (Å²) in [6, 6.07) is 17.3. The Morgan fingerprint density at radius 2 is 1.76 bits per heavy atom. The molecule has 2 rings (SSSR count). The van der Waals surface area contributed by atoms with Crippen LogP contribution in [-0.4, -0.2) is 12.5 Å². The molecule has 0 aliphatic carbocycles. The van der Waals surface area contributed by atoms with Gasteiger partial charge in [0.1, 0.15) is 5.75 Å². The molecule has 21 heavy (non-hydrogen) atoms. The maximum Gasteiger partial charge on any atom is 0.193 e. The third-order valence-electron chi connectivity index (χ3n) is 2.75. The van der Waals surface area contributed by atoms with Crippen LogP contribution in [-0.2, 0) is 0 Å². The zero-order valence-corrected chi connectivity index (χ0v) is 12.4. The second-order valence-corrected chi connectivity index (χ2v) is 5.16. The van der Waals surface area contributed by atoms with Gasteiger partial charge in [-0.05, 0) is 30.2 Å². The van der Waals surface area contributed by atoms with Crippen LogP contribution in [0.3, 0.4) is 0 Å². The van der Waals surface area contributed by atoms with Gasteiger partial charge in [0, 0.05) is 6.54 Å². The molecule has 0 saturated carbocycles. The van der Waals surface area contributed by atoms with Gasteiger partial charge in [-0.25, -0.2) is 0 Å². The highest BCUT2D eigenvalue weighted by molar-refractivity contribution is 5.93. The zero-order chi connectivity index (χ0) is 15.1. The number of hydrogen-bond donors (Lipinski definition) is 2. The molecular weight excluding hydrogens is 262 g/mol. The molecule has 0 atom stereocenters. The molecular formula is C17H21N3O. The van der Waals surface area contributed by atoms with Crippen LogP contribution >= 0.6 is 0 Å². The normalized spacial score (nSPS) is 11.5. The fourth-order valence-corrected chi connectivity index (χ4v) is 1.73. The van der Waals surface area contributed by atoms with Crippen LogP contribution in [0.4, 0.5) is 5.69 Å². The Kier molecular flexibility index (Phi) is 5.21. The van der Waals surface area contributed by atoms with Crippen molar-refractivity contribution in [3.8, 4) is 11.5 Å². The van der Waals surface area contributed by atoms with Gasteiger partial charge in [0.15, 0.2) is 11.7 Å². The molecule has 0 fully saturated rings. The average Bonchev–Trinajstić information content (AvgIpc) is 2.48. The van der Waals surface area contributed by atoms with Crippen molar-refractivity contribution >= 4 is 11.6 Å². The second kappa shape index (κ2) is 7.33. The van der Waals surface area contributed by atoms with Crippen molar-refractivity contribution in [2.45, 2.75) is 13.8 Å². The van der Waals surface area contributed by atoms with E-state index >= 15 is 0 Å². The molecule has 0 aliphatic rings. The van der Waals surface area contributed by atoms with E-state index in [1.807, 2.05) is 54.6 Å². The number of aliphatic imine (C=N–C) groups is 1. The summed E-state index contributed by atoms with van der Waals surface area (Å²) in [4.78, 5) is 4.29. The summed E-state index contributed by atoms with van der Waals surface area (Å²) in [5, 5.41) is 3.09. The highest BCUT2D eigenvalue weighted by Gasteiger charge is 2.05. The Morgan fingerprint density at radius 1 is 1.10 bits per heavy atom. The maximum absolute atomic E-state index is 5.90. The van der Waals surface area contributed by atoms with Gasteiger partial charge in [-0.1, -0.05) is 44.2 Å². The number of nitrogens with zero attached hydrogens (tertiary/aromatic N) is 1. The van der Waals surface area contributed by atoms with Gasteiger partial charge in [0.2, 0.25) is 0 Å². The van der Waals surface area contributed by atoms with Crippen molar-refractivity contribution in [1.82, 2.24) is 0 Å². The van der Waals surface area contributed by atoms with Crippen LogP contribution < -0.4 is 15.8 Å². The van der Waals surface area contributed by atoms with E-state index in [2.05, 4.69) is 24.2 Å². The number of nitrogens with one attached hydrogen (secondary N) is 1. The Balaban J connectivity index is 2.12. The quantitative estimate of drug-likeness (QED) is 0.647. The minimum atomic E-state index is 0.396. The van der Waals surface area contributed by atoms with E-state index in [1.54, 1.807) is 0 Å². The van der Waals surface area contributed by atoms with E-state index in [4.69, 9.17) is 10.5 Å². The van der Waals surface area contributed by atoms with E-state index < -0.39 is 0 Å². The van der Waals surface area contributed by atoms with Gasteiger partial charge >= 0.3 is 0 Å². The van der Waals surface area contributed by atoms with Gasteiger partial charge in [-0.3, -0.25) is 4.99 Å². The predicted octanol–water partition coefficient (Wildman–Crippen LogP) is 3.86. The molecule has 110 valence electrons. The summed E-state index contributed by atoms with van der Waals surface area (Å²) in [5.74, 6) is 2.37. The highest BCUT2D eigenvalue weighted by atomic mass is 16.5. The van der Waals surface area contributed by atoms with E-state index in [0.717, 1.165) is 11.4 Å². The molecule has 4 nitrogen and oxygen atoms in total. The summed E-state index contributed by atoms with van der Waals surface area (Å²) in [7, 11) is 0. The van der Waals surface area contributed by atoms with Crippen LogP contribution in [0.2, 0.25) is 0 Å². The van der Waals surface area contributed by atoms with Gasteiger partial charge in [-0.15, -0.1) is 0 Å². The van der Waals surface area contributed by atoms with Crippen LogP contribution in [0.1, 0.15) is 13.8 Å². The molecule has 0 spiro atoms. The van der Waals surface area contributed by atoms with Gasteiger partial charge in [0.25, 0.3) is 0 Å². The van der Waals surface area contributed by atoms with Gasteiger partial charge in [-0.2, -0.15) is 0 Å². The summed E-state index contributed by atoms with van der Waals surface area (Å²) >= 11 is 0. The SMILES string of the molecule is CC(C)CN=C(N)Nc1ccccc1Oc1ccccc1. The molecule has 0 aromatic heterocycles. The number of hydrogen-bond acceptors (Lipinski definition) is 2. The van der Waals surface area contributed by atoms with Crippen molar-refractivity contribution in [1.29, 1.82) is 0 Å². The van der Waals surface area contributed by atoms with E-state index in [1.165, 1.54) is 0 Å². The van der Waals surface area contributed by atoms with Crippen molar-refractivity contribution in [2.75, 3.05) is 11.9 Å². The summed E-state index contributed by atoms with van der Waals surface area (Å²) in [5.41, 5.74) is 6.70. The molecule has 0 heterocycles. The Bertz CT molecular complexity index is 594. The van der Waals surface area contributed by atoms with Crippen LogP contribution in [0.5, 0.6) is 11.5 Å². The van der Waals surface area contributed by atoms with Crippen molar-refractivity contribution in [2.24, 2.45) is 16.6 Å². The minimum absolute atomic E-state index is 0.396. The first kappa shape index (κ1) is 14.9. The Labute approximate surface area is 125 Å². The Hall–Kier alpha value is -2.49. The third-order valence-corrected chi connectivity index (χ3v) is 2.75. The van der Waals surface area contributed by atoms with E-state index in [0.29, 0.717) is 24.2 Å². The molecule has 2 aromatic rings. The van der Waals surface area contributed by atoms with Crippen molar-refractivity contribution in [3.63, 3.8) is 0 Å². The lowest BCUT2D eigenvalue weighted by Crippen LogP contribution is -2.23. The molecule has 0 saturated heterocycles. The predicted molar refractivity (Wildman–Crippen MR) is 87.9 cm³/mol. The number of rotatable bonds is 5. The molecule has 2 aromatic carbocycles. The molecule has 0 radical (unpaired) electrons. The lowest BCUT2D eigenvalue weighted by atomic mass is 10.2. The summed E-state index contributed by atoms with van der Waals surface area (Å²) < 4.78 is 5.86. The van der Waals surface area contributed by atoms with E-state index in [-0.39, 0.29) is 0 Å². The number of ether oxygens (including phenoxy) is 1. The van der Waals surface area contributed by atoms with Crippen molar-refractivity contribution < 1.29 is 4.74 Å². The standard InChI is InChI=1S/C17H21N3O/c1-13(2)12-19-17(18)20-15-10-6-7-11-16(15)21-14-8-4-3-5-9-14/h3-11,13H,12H2,1-2H3,(H3,18,19,20). The van der Waals surface area contributed by atoms with Crippen LogP contribution in [0, 0.1) is 5.92 Å². The van der Waals surface area contributed by atoms with Crippen LogP contribution in [0.25, 0.3) is 0 Å². The number of benzene rings is 2. The molecule has 3 N–H and O–H groups in total. The second-order valence-electron chi connectivity index (χ2n) is 5.16. The number of anilines is 1. The lowest BCUT2D eigenvalue weighted by molar-refractivity contribution is 0.485. The average molecular weight is 283 g/mol. The number of guanidine groups is 1. The molecule has 0 unspecified atom stereocenters. The van der Waals surface area contributed by atoms with Crippen molar-refractivity contribution in [3.05, 3.63) is 54.6 Å². The molecule has 0 bridgehead atoms. The first-order valence-electron chi connectivity index (χ1n) is 7.04. The van der Waals surface area contributed by atoms with Gasteiger partial charge < -0.3 is 15.8 Å². The molecule has 4 heteroatoms. The topological polar surface area (TPSA) is 59.6 Å². The Morgan fingerprint density at radius 3 is 2.48 bits per heavy atom. The highest BCUT2D eigenvalue weighted by Crippen LogP contribution is 2.28. The summed E-state index contributed by atoms with van der Waals surface area (Å²) in [6.07, 6.45) is 0. The summed E-state index contributed by atoms with van der Waals surface area (Å²) in [6.45, 7) is 4.90. The largest absolute Gasteiger partial charge is 0.455 e. The smallest absolute Gasteiger partial charge is 0.193 e. The molecule has 0 amide bonds.